The van der Waals surface area contributed by atoms with Crippen molar-refractivity contribution in [3.63, 3.8) is 0 Å². The maximum Gasteiger partial charge on any atom is 0.256 e. The monoisotopic (exact) mass is 448 g/mol. The van der Waals surface area contributed by atoms with Crippen LogP contribution in [0, 0.1) is 0 Å². The topological polar surface area (TPSA) is 67.8 Å². The van der Waals surface area contributed by atoms with E-state index in [0.717, 1.165) is 32.9 Å². The largest absolute Gasteiger partial charge is 0.322 e. The minimum Gasteiger partial charge on any atom is -0.322 e. The summed E-state index contributed by atoms with van der Waals surface area (Å²) in [5.74, 6) is 0.667. The Bertz CT molecular complexity index is 1390. The van der Waals surface area contributed by atoms with Gasteiger partial charge >= 0.3 is 0 Å². The summed E-state index contributed by atoms with van der Waals surface area (Å²) in [5, 5.41) is 3.83. The highest BCUT2D eigenvalue weighted by Crippen LogP contribution is 2.26. The van der Waals surface area contributed by atoms with Gasteiger partial charge in [0.15, 0.2) is 0 Å². The fourth-order valence-corrected chi connectivity index (χ4v) is 4.32. The number of anilines is 1. The third-order valence-corrected chi connectivity index (χ3v) is 6.21. The van der Waals surface area contributed by atoms with Crippen molar-refractivity contribution < 1.29 is 4.79 Å². The number of carbonyl (C=O) groups is 1. The van der Waals surface area contributed by atoms with Crippen LogP contribution in [0.5, 0.6) is 0 Å². The molecule has 1 amide bonds. The third-order valence-electron chi connectivity index (χ3n) is 5.13. The second-order valence-corrected chi connectivity index (χ2v) is 8.46. The van der Waals surface area contributed by atoms with Gasteiger partial charge in [-0.1, -0.05) is 30.3 Å². The van der Waals surface area contributed by atoms with Gasteiger partial charge in [-0.05, 0) is 60.2 Å². The maximum absolute atomic E-state index is 13.2. The molecule has 2 aromatic carbocycles. The van der Waals surface area contributed by atoms with Crippen LogP contribution in [0.2, 0.25) is 0 Å². The van der Waals surface area contributed by atoms with E-state index in [1.165, 1.54) is 5.56 Å². The van der Waals surface area contributed by atoms with Crippen LogP contribution in [0.4, 0.5) is 5.69 Å². The zero-order valence-electron chi connectivity index (χ0n) is 17.7. The molecule has 0 spiro atoms. The van der Waals surface area contributed by atoms with Crippen LogP contribution in [-0.2, 0) is 5.75 Å². The molecule has 0 aliphatic heterocycles. The number of pyridine rings is 3. The number of aromatic nitrogens is 3. The number of hydrogen-bond acceptors (Lipinski definition) is 5. The molecule has 0 bridgehead atoms. The highest BCUT2D eigenvalue weighted by atomic mass is 32.2. The summed E-state index contributed by atoms with van der Waals surface area (Å²) in [6, 6.07) is 27.0. The molecule has 5 aromatic rings. The van der Waals surface area contributed by atoms with Crippen molar-refractivity contribution >= 4 is 34.3 Å². The van der Waals surface area contributed by atoms with Crippen molar-refractivity contribution in [3.05, 3.63) is 115 Å². The summed E-state index contributed by atoms with van der Waals surface area (Å²) >= 11 is 1.73. The van der Waals surface area contributed by atoms with Crippen molar-refractivity contribution in [1.29, 1.82) is 0 Å². The molecule has 3 heterocycles. The Balaban J connectivity index is 1.36. The van der Waals surface area contributed by atoms with Crippen molar-refractivity contribution in [2.24, 2.45) is 0 Å². The van der Waals surface area contributed by atoms with Crippen molar-refractivity contribution in [3.8, 4) is 11.4 Å². The van der Waals surface area contributed by atoms with Gasteiger partial charge in [0.2, 0.25) is 0 Å². The summed E-state index contributed by atoms with van der Waals surface area (Å²) in [7, 11) is 0. The van der Waals surface area contributed by atoms with E-state index in [0.29, 0.717) is 11.3 Å². The first-order valence-electron chi connectivity index (χ1n) is 10.5. The van der Waals surface area contributed by atoms with Gasteiger partial charge in [0.25, 0.3) is 5.91 Å². The summed E-state index contributed by atoms with van der Waals surface area (Å²) < 4.78 is 0. The average Bonchev–Trinajstić information content (AvgIpc) is 2.88. The quantitative estimate of drug-likeness (QED) is 0.312. The lowest BCUT2D eigenvalue weighted by atomic mass is 10.1. The van der Waals surface area contributed by atoms with Crippen LogP contribution in [0.1, 0.15) is 15.9 Å². The van der Waals surface area contributed by atoms with E-state index in [4.69, 9.17) is 4.98 Å². The SMILES string of the molecule is O=C(Nc1ccc(SCc2cccnc2)cc1)c1cc(-c2ccccn2)nc2ccccc12. The molecule has 1 N–H and O–H groups in total. The first-order chi connectivity index (χ1) is 16.3. The molecule has 0 fully saturated rings. The van der Waals surface area contributed by atoms with Crippen LogP contribution >= 0.6 is 11.8 Å². The Morgan fingerprint density at radius 2 is 1.70 bits per heavy atom. The Labute approximate surface area is 196 Å². The second-order valence-electron chi connectivity index (χ2n) is 7.42. The molecule has 0 radical (unpaired) electrons. The van der Waals surface area contributed by atoms with Gasteiger partial charge in [-0.2, -0.15) is 0 Å². The molecule has 0 saturated heterocycles. The number of nitrogens with zero attached hydrogens (tertiary/aromatic N) is 3. The van der Waals surface area contributed by atoms with Gasteiger partial charge < -0.3 is 5.32 Å². The number of hydrogen-bond donors (Lipinski definition) is 1. The van der Waals surface area contributed by atoms with Gasteiger partial charge in [0.1, 0.15) is 0 Å². The predicted octanol–water partition coefficient (Wildman–Crippen LogP) is 6.24. The predicted molar refractivity (Wildman–Crippen MR) is 133 cm³/mol. The molecule has 6 heteroatoms. The summed E-state index contributed by atoms with van der Waals surface area (Å²) in [5.41, 5.74) is 4.64. The molecule has 0 atom stereocenters. The number of rotatable bonds is 6. The van der Waals surface area contributed by atoms with Gasteiger partial charge in [-0.3, -0.25) is 14.8 Å². The number of amides is 1. The Kier molecular flexibility index (Phi) is 6.08. The normalized spacial score (nSPS) is 10.8. The number of benzene rings is 2. The number of para-hydroxylation sites is 1. The lowest BCUT2D eigenvalue weighted by molar-refractivity contribution is 0.102. The smallest absolute Gasteiger partial charge is 0.256 e. The standard InChI is InChI=1S/C27H20N4OS/c32-27(30-20-10-12-21(13-11-20)33-18-19-6-5-14-28-17-19)23-16-26(25-9-3-4-15-29-25)31-24-8-2-1-7-22(23)24/h1-17H,18H2,(H,30,32). The summed E-state index contributed by atoms with van der Waals surface area (Å²) in [6.45, 7) is 0. The first kappa shape index (κ1) is 20.8. The molecule has 160 valence electrons. The van der Waals surface area contributed by atoms with Crippen LogP contribution in [0.25, 0.3) is 22.3 Å². The van der Waals surface area contributed by atoms with Gasteiger partial charge in [0, 0.05) is 40.3 Å². The average molecular weight is 449 g/mol. The van der Waals surface area contributed by atoms with Crippen LogP contribution < -0.4 is 5.32 Å². The molecule has 0 unspecified atom stereocenters. The minimum absolute atomic E-state index is 0.179. The van der Waals surface area contributed by atoms with Crippen LogP contribution in [0.3, 0.4) is 0 Å². The maximum atomic E-state index is 13.2. The molecule has 0 aliphatic carbocycles. The highest BCUT2D eigenvalue weighted by Gasteiger charge is 2.14. The fourth-order valence-electron chi connectivity index (χ4n) is 3.49. The van der Waals surface area contributed by atoms with Crippen LogP contribution in [0.15, 0.2) is 108 Å². The Morgan fingerprint density at radius 3 is 2.48 bits per heavy atom. The van der Waals surface area contributed by atoms with E-state index < -0.39 is 0 Å². The zero-order valence-corrected chi connectivity index (χ0v) is 18.5. The Hall–Kier alpha value is -4.03. The third kappa shape index (κ3) is 4.91. The van der Waals surface area contributed by atoms with Gasteiger partial charge in [0.05, 0.1) is 22.5 Å². The summed E-state index contributed by atoms with van der Waals surface area (Å²) in [4.78, 5) is 27.6. The van der Waals surface area contributed by atoms with E-state index >= 15 is 0 Å². The lowest BCUT2D eigenvalue weighted by Crippen LogP contribution is -2.13. The van der Waals surface area contributed by atoms with Crippen molar-refractivity contribution in [2.45, 2.75) is 10.6 Å². The van der Waals surface area contributed by atoms with Crippen LogP contribution in [-0.4, -0.2) is 20.9 Å². The zero-order chi connectivity index (χ0) is 22.5. The number of nitrogens with one attached hydrogen (secondary N) is 1. The fraction of sp³-hybridized carbons (Fsp3) is 0.0370. The lowest BCUT2D eigenvalue weighted by Gasteiger charge is -2.11. The molecular weight excluding hydrogens is 428 g/mol. The Morgan fingerprint density at radius 1 is 0.848 bits per heavy atom. The summed E-state index contributed by atoms with van der Waals surface area (Å²) in [6.07, 6.45) is 5.37. The van der Waals surface area contributed by atoms with Gasteiger partial charge in [-0.25, -0.2) is 4.98 Å². The highest BCUT2D eigenvalue weighted by molar-refractivity contribution is 7.98. The molecule has 0 saturated carbocycles. The first-order valence-corrected chi connectivity index (χ1v) is 11.5. The molecule has 3 aromatic heterocycles. The van der Waals surface area contributed by atoms with E-state index in [9.17, 15) is 4.79 Å². The molecular formula is C27H20N4OS. The minimum atomic E-state index is -0.179. The number of carbonyl (C=O) groups excluding carboxylic acids is 1. The second kappa shape index (κ2) is 9.63. The van der Waals surface area contributed by atoms with Crippen molar-refractivity contribution in [2.75, 3.05) is 5.32 Å². The molecule has 0 aliphatic rings. The molecule has 5 nitrogen and oxygen atoms in total. The van der Waals surface area contributed by atoms with E-state index in [1.54, 1.807) is 30.2 Å². The molecule has 5 rings (SSSR count). The van der Waals surface area contributed by atoms with Crippen molar-refractivity contribution in [1.82, 2.24) is 15.0 Å². The number of fused-ring (bicyclic) bond motifs is 1. The van der Waals surface area contributed by atoms with E-state index in [-0.39, 0.29) is 5.91 Å². The van der Waals surface area contributed by atoms with E-state index in [1.807, 2.05) is 79.0 Å². The molecule has 33 heavy (non-hydrogen) atoms. The van der Waals surface area contributed by atoms with Gasteiger partial charge in [-0.15, -0.1) is 11.8 Å². The van der Waals surface area contributed by atoms with E-state index in [2.05, 4.69) is 21.4 Å². The number of thioether (sulfide) groups is 1.